The molecule has 0 bridgehead atoms. The van der Waals surface area contributed by atoms with Gasteiger partial charge in [-0.1, -0.05) is 121 Å². The summed E-state index contributed by atoms with van der Waals surface area (Å²) < 4.78 is 0. The SMILES string of the molecule is CCCCCC(=C=[N+]=[N-])C(CCCCC)=C(c1cccc(CCCC)c1)c1cccc(CCCCC)c1.[CH3][Ni][CH3]. The fraction of sp³-hybridized carbons (Fsp3) is 0.568. The Hall–Kier alpha value is -2.17. The van der Waals surface area contributed by atoms with Gasteiger partial charge in [0.15, 0.2) is 0 Å². The molecule has 0 radical (unpaired) electrons. The third kappa shape index (κ3) is 13.9. The summed E-state index contributed by atoms with van der Waals surface area (Å²) in [6.07, 6.45) is 17.2. The molecule has 0 N–H and O–H groups in total. The van der Waals surface area contributed by atoms with Crippen LogP contribution in [0.25, 0.3) is 11.1 Å². The number of unbranched alkanes of at least 4 members (excludes halogenated alkanes) is 7. The molecule has 2 nitrogen and oxygen atoms in total. The first kappa shape index (κ1) is 35.9. The van der Waals surface area contributed by atoms with Crippen LogP contribution in [-0.4, -0.2) is 10.7 Å². The van der Waals surface area contributed by atoms with E-state index in [0.29, 0.717) is 0 Å². The Morgan fingerprint density at radius 3 is 1.65 bits per heavy atom. The standard InChI is InChI=1S/C35H50N2.2CH3.Ni/c1-5-9-13-19-30-21-17-24-32(27-30)35(31-23-16-20-29(26-31)18-12-8-4)34(25-15-11-7-3)33(28-37-36)22-14-10-6-2;;;/h16-17,20-21,23-24,26-27H,5-15,18-19,22,25H2,1-4H3;2*1H3;. The Morgan fingerprint density at radius 2 is 1.15 bits per heavy atom. The van der Waals surface area contributed by atoms with Crippen LogP contribution in [0.5, 0.6) is 0 Å². The molecule has 0 aromatic heterocycles. The van der Waals surface area contributed by atoms with Gasteiger partial charge in [-0.3, -0.25) is 0 Å². The van der Waals surface area contributed by atoms with Gasteiger partial charge in [0, 0.05) is 0 Å². The predicted octanol–water partition coefficient (Wildman–Crippen LogP) is 11.7. The molecule has 0 unspecified atom stereocenters. The quantitative estimate of drug-likeness (QED) is 0.0415. The molecule has 0 aliphatic rings. The van der Waals surface area contributed by atoms with E-state index in [1.54, 1.807) is 14.4 Å². The fourth-order valence-corrected chi connectivity index (χ4v) is 5.10. The van der Waals surface area contributed by atoms with Crippen molar-refractivity contribution in [3.8, 4) is 0 Å². The molecular formula is C37H56N2Ni. The molecule has 0 atom stereocenters. The van der Waals surface area contributed by atoms with Crippen LogP contribution in [0.1, 0.15) is 133 Å². The van der Waals surface area contributed by atoms with E-state index in [4.69, 9.17) is 0 Å². The molecule has 0 aliphatic carbocycles. The van der Waals surface area contributed by atoms with Crippen LogP contribution in [0.3, 0.4) is 0 Å². The van der Waals surface area contributed by atoms with Crippen LogP contribution >= 0.6 is 0 Å². The van der Waals surface area contributed by atoms with Gasteiger partial charge < -0.3 is 5.53 Å². The van der Waals surface area contributed by atoms with Crippen molar-refractivity contribution in [3.05, 3.63) is 87.5 Å². The van der Waals surface area contributed by atoms with Crippen LogP contribution < -0.4 is 0 Å². The average Bonchev–Trinajstić information content (AvgIpc) is 2.96. The topological polar surface area (TPSA) is 36.4 Å². The number of nitrogens with zero attached hydrogens (tertiary/aromatic N) is 2. The first-order valence-electron chi connectivity index (χ1n) is 15.7. The molecule has 0 saturated carbocycles. The van der Waals surface area contributed by atoms with Crippen molar-refractivity contribution in [1.29, 1.82) is 0 Å². The molecule has 2 aromatic carbocycles. The van der Waals surface area contributed by atoms with Crippen molar-refractivity contribution < 1.29 is 19.2 Å². The Labute approximate surface area is 253 Å². The number of rotatable bonds is 18. The molecule has 3 heteroatoms. The molecule has 2 rings (SSSR count). The second kappa shape index (κ2) is 23.5. The molecular weight excluding hydrogens is 531 g/mol. The van der Waals surface area contributed by atoms with Crippen LogP contribution in [0.4, 0.5) is 0 Å². The fourth-order valence-electron chi connectivity index (χ4n) is 5.10. The van der Waals surface area contributed by atoms with Crippen molar-refractivity contribution in [2.75, 3.05) is 0 Å². The van der Waals surface area contributed by atoms with E-state index < -0.39 is 0 Å². The first-order valence-corrected chi connectivity index (χ1v) is 17.7. The maximum atomic E-state index is 9.61. The maximum absolute atomic E-state index is 9.61. The zero-order chi connectivity index (χ0) is 29.4. The minimum absolute atomic E-state index is 0.897. The summed E-state index contributed by atoms with van der Waals surface area (Å²) in [5.41, 5.74) is 18.6. The molecule has 0 spiro atoms. The molecule has 0 aliphatic heterocycles. The van der Waals surface area contributed by atoms with Gasteiger partial charge in [-0.15, -0.1) is 4.79 Å². The Balaban J connectivity index is 0.00000254. The number of aryl methyl sites for hydroxylation is 2. The van der Waals surface area contributed by atoms with Gasteiger partial charge in [-0.05, 0) is 84.8 Å². The number of hydrogen-bond acceptors (Lipinski definition) is 0. The zero-order valence-corrected chi connectivity index (χ0v) is 27.4. The minimum atomic E-state index is 0.897. The molecule has 224 valence electrons. The summed E-state index contributed by atoms with van der Waals surface area (Å²) in [7, 11) is 0. The summed E-state index contributed by atoms with van der Waals surface area (Å²) in [5.74, 6) is 7.16. The second-order valence-corrected chi connectivity index (χ2v) is 11.7. The van der Waals surface area contributed by atoms with E-state index in [9.17, 15) is 5.53 Å². The third-order valence-corrected chi connectivity index (χ3v) is 7.23. The monoisotopic (exact) mass is 586 g/mol. The molecule has 2 aromatic rings. The van der Waals surface area contributed by atoms with Gasteiger partial charge in [0.2, 0.25) is 0 Å². The van der Waals surface area contributed by atoms with Gasteiger partial charge in [0.25, 0.3) is 0 Å². The predicted molar refractivity (Wildman–Crippen MR) is 173 cm³/mol. The first-order chi connectivity index (χ1) is 19.6. The van der Waals surface area contributed by atoms with E-state index >= 15 is 0 Å². The van der Waals surface area contributed by atoms with E-state index in [0.717, 1.165) is 44.1 Å². The number of benzene rings is 2. The van der Waals surface area contributed by atoms with Crippen molar-refractivity contribution >= 4 is 11.4 Å². The van der Waals surface area contributed by atoms with Crippen LogP contribution in [0.2, 0.25) is 11.8 Å². The Morgan fingerprint density at radius 1 is 0.675 bits per heavy atom. The van der Waals surface area contributed by atoms with Gasteiger partial charge in [-0.25, -0.2) is 0 Å². The molecule has 40 heavy (non-hydrogen) atoms. The summed E-state index contributed by atoms with van der Waals surface area (Å²) in [6, 6.07) is 18.3. The summed E-state index contributed by atoms with van der Waals surface area (Å²) >= 11 is 1.62. The second-order valence-electron chi connectivity index (χ2n) is 10.7. The third-order valence-electron chi connectivity index (χ3n) is 7.23. The van der Waals surface area contributed by atoms with Crippen molar-refractivity contribution in [1.82, 2.24) is 0 Å². The van der Waals surface area contributed by atoms with Crippen molar-refractivity contribution in [2.45, 2.75) is 136 Å². The van der Waals surface area contributed by atoms with Gasteiger partial charge in [0.1, 0.15) is 0 Å². The van der Waals surface area contributed by atoms with Gasteiger partial charge >= 0.3 is 32.1 Å². The molecule has 0 saturated heterocycles. The average molecular weight is 588 g/mol. The normalized spacial score (nSPS) is 11.2. The summed E-state index contributed by atoms with van der Waals surface area (Å²) in [6.45, 7) is 9.01. The van der Waals surface area contributed by atoms with E-state index in [-0.39, 0.29) is 0 Å². The Kier molecular flexibility index (Phi) is 21.1. The molecule has 0 amide bonds. The molecule has 0 heterocycles. The van der Waals surface area contributed by atoms with Gasteiger partial charge in [0.05, 0.1) is 5.57 Å². The van der Waals surface area contributed by atoms with Crippen molar-refractivity contribution in [3.63, 3.8) is 0 Å². The summed E-state index contributed by atoms with van der Waals surface area (Å²) in [5, 5.41) is 0. The zero-order valence-electron chi connectivity index (χ0n) is 26.4. The van der Waals surface area contributed by atoms with E-state index in [1.165, 1.54) is 91.2 Å². The van der Waals surface area contributed by atoms with Gasteiger partial charge in [-0.2, -0.15) is 0 Å². The van der Waals surface area contributed by atoms with Crippen molar-refractivity contribution in [2.24, 2.45) is 0 Å². The number of allylic oxidation sites excluding steroid dienone is 2. The van der Waals surface area contributed by atoms with Crippen LogP contribution in [-0.2, 0) is 27.3 Å². The summed E-state index contributed by atoms with van der Waals surface area (Å²) in [4.78, 5) is 3.44. The van der Waals surface area contributed by atoms with E-state index in [2.05, 4.69) is 98.7 Å². The van der Waals surface area contributed by atoms with Crippen LogP contribution in [0.15, 0.2) is 59.7 Å². The van der Waals surface area contributed by atoms with E-state index in [1.807, 2.05) is 0 Å². The number of hydrogen-bond donors (Lipinski definition) is 0. The molecule has 0 fully saturated rings. The Bertz CT molecular complexity index is 1070. The van der Waals surface area contributed by atoms with Crippen LogP contribution in [0, 0.1) is 0 Å².